The molecule has 0 heterocycles. The molecule has 0 aliphatic heterocycles. The molecule has 0 radical (unpaired) electrons. The van der Waals surface area contributed by atoms with E-state index in [1.807, 2.05) is 6.92 Å². The molecule has 1 aliphatic carbocycles. The Morgan fingerprint density at radius 3 is 2.62 bits per heavy atom. The minimum absolute atomic E-state index is 0.249. The first-order valence-electron chi connectivity index (χ1n) is 5.67. The first kappa shape index (κ1) is 12.8. The number of ether oxygens (including phenoxy) is 1. The van der Waals surface area contributed by atoms with E-state index in [0.717, 1.165) is 6.42 Å². The van der Waals surface area contributed by atoms with Crippen molar-refractivity contribution in [1.29, 1.82) is 0 Å². The minimum atomic E-state index is -0.489. The molecule has 0 saturated heterocycles. The quantitative estimate of drug-likeness (QED) is 0.413. The van der Waals surface area contributed by atoms with Gasteiger partial charge < -0.3 is 4.74 Å². The Labute approximate surface area is 98.1 Å². The van der Waals surface area contributed by atoms with E-state index >= 15 is 0 Å². The van der Waals surface area contributed by atoms with Gasteiger partial charge in [0.2, 0.25) is 0 Å². The lowest BCUT2D eigenvalue weighted by molar-refractivity contribution is -0.157. The molecule has 1 fully saturated rings. The van der Waals surface area contributed by atoms with Gasteiger partial charge in [-0.1, -0.05) is 11.6 Å². The summed E-state index contributed by atoms with van der Waals surface area (Å²) < 4.78 is 5.40. The van der Waals surface area contributed by atoms with Crippen molar-refractivity contribution in [2.45, 2.75) is 46.1 Å². The molecule has 1 unspecified atom stereocenters. The van der Waals surface area contributed by atoms with Crippen LogP contribution >= 0.6 is 0 Å². The molecule has 2 nitrogen and oxygen atoms in total. The van der Waals surface area contributed by atoms with Gasteiger partial charge in [-0.05, 0) is 33.1 Å². The largest absolute Gasteiger partial charge is 0.458 e. The standard InChI is InChI=1S/C14H20O2/c1-6-7-14(5,16-11(4)15)13-9-12(13)8-10(2)3/h1,8,12-13H,7,9H2,2-5H3/t12-,13-,14?/m1/s1. The Hall–Kier alpha value is -1.23. The molecule has 0 bridgehead atoms. The molecule has 0 spiro atoms. The van der Waals surface area contributed by atoms with Gasteiger partial charge >= 0.3 is 5.97 Å². The van der Waals surface area contributed by atoms with Crippen molar-refractivity contribution in [2.75, 3.05) is 0 Å². The van der Waals surface area contributed by atoms with Crippen LogP contribution in [0.2, 0.25) is 0 Å². The maximum absolute atomic E-state index is 11.1. The molecule has 2 heteroatoms. The molecule has 1 saturated carbocycles. The van der Waals surface area contributed by atoms with Gasteiger partial charge in [0, 0.05) is 19.3 Å². The third-order valence-electron chi connectivity index (χ3n) is 3.00. The van der Waals surface area contributed by atoms with Crippen molar-refractivity contribution < 1.29 is 9.53 Å². The summed E-state index contributed by atoms with van der Waals surface area (Å²) in [5.74, 6) is 3.26. The monoisotopic (exact) mass is 220 g/mol. The summed E-state index contributed by atoms with van der Waals surface area (Å²) in [5.41, 5.74) is 0.815. The highest BCUT2D eigenvalue weighted by Crippen LogP contribution is 2.50. The Morgan fingerprint density at radius 2 is 2.19 bits per heavy atom. The third-order valence-corrected chi connectivity index (χ3v) is 3.00. The second kappa shape index (κ2) is 4.74. The predicted octanol–water partition coefficient (Wildman–Crippen LogP) is 2.93. The Bertz CT molecular complexity index is 344. The lowest BCUT2D eigenvalue weighted by Crippen LogP contribution is -2.33. The van der Waals surface area contributed by atoms with Crippen LogP contribution < -0.4 is 0 Å². The van der Waals surface area contributed by atoms with Crippen LogP contribution in [0.5, 0.6) is 0 Å². The Balaban J connectivity index is 2.71. The molecule has 0 N–H and O–H groups in total. The SMILES string of the molecule is C#CCC(C)(OC(C)=O)[C@@H]1C[C@H]1C=C(C)C. The van der Waals surface area contributed by atoms with Crippen molar-refractivity contribution >= 4 is 5.97 Å². The normalized spacial score (nSPS) is 26.2. The van der Waals surface area contributed by atoms with Crippen LogP contribution in [0, 0.1) is 24.2 Å². The fourth-order valence-corrected chi connectivity index (χ4v) is 2.30. The van der Waals surface area contributed by atoms with Crippen molar-refractivity contribution in [2.24, 2.45) is 11.8 Å². The number of carbonyl (C=O) groups is 1. The van der Waals surface area contributed by atoms with Gasteiger partial charge in [-0.15, -0.1) is 12.3 Å². The zero-order chi connectivity index (χ0) is 12.3. The number of hydrogen-bond donors (Lipinski definition) is 0. The molecule has 88 valence electrons. The van der Waals surface area contributed by atoms with Crippen molar-refractivity contribution in [3.63, 3.8) is 0 Å². The smallest absolute Gasteiger partial charge is 0.303 e. The van der Waals surface area contributed by atoms with Crippen molar-refractivity contribution in [1.82, 2.24) is 0 Å². The van der Waals surface area contributed by atoms with Crippen LogP contribution in [-0.4, -0.2) is 11.6 Å². The lowest BCUT2D eigenvalue weighted by atomic mass is 9.94. The second-order valence-electron chi connectivity index (χ2n) is 5.04. The van der Waals surface area contributed by atoms with Crippen LogP contribution in [0.3, 0.4) is 0 Å². The lowest BCUT2D eigenvalue weighted by Gasteiger charge is -2.27. The molecule has 3 atom stereocenters. The maximum atomic E-state index is 11.1. The zero-order valence-corrected chi connectivity index (χ0v) is 10.5. The molecular weight excluding hydrogens is 200 g/mol. The summed E-state index contributed by atoms with van der Waals surface area (Å²) in [6.07, 6.45) is 9.14. The average Bonchev–Trinajstić information content (AvgIpc) is 2.81. The number of carbonyl (C=O) groups excluding carboxylic acids is 1. The molecule has 0 aromatic carbocycles. The van der Waals surface area contributed by atoms with E-state index in [1.165, 1.54) is 12.5 Å². The second-order valence-corrected chi connectivity index (χ2v) is 5.04. The van der Waals surface area contributed by atoms with Crippen LogP contribution in [0.15, 0.2) is 11.6 Å². The van der Waals surface area contributed by atoms with Gasteiger partial charge in [-0.2, -0.15) is 0 Å². The summed E-state index contributed by atoms with van der Waals surface area (Å²) in [4.78, 5) is 11.1. The highest BCUT2D eigenvalue weighted by atomic mass is 16.6. The van der Waals surface area contributed by atoms with Crippen LogP contribution in [0.4, 0.5) is 0 Å². The fourth-order valence-electron chi connectivity index (χ4n) is 2.30. The minimum Gasteiger partial charge on any atom is -0.458 e. The average molecular weight is 220 g/mol. The van der Waals surface area contributed by atoms with E-state index in [4.69, 9.17) is 11.2 Å². The topological polar surface area (TPSA) is 26.3 Å². The maximum Gasteiger partial charge on any atom is 0.303 e. The summed E-state index contributed by atoms with van der Waals surface area (Å²) in [6, 6.07) is 0. The summed E-state index contributed by atoms with van der Waals surface area (Å²) in [6.45, 7) is 7.55. The predicted molar refractivity (Wildman–Crippen MR) is 64.6 cm³/mol. The third kappa shape index (κ3) is 3.13. The molecule has 16 heavy (non-hydrogen) atoms. The highest BCUT2D eigenvalue weighted by molar-refractivity contribution is 5.66. The molecule has 0 aromatic heterocycles. The van der Waals surface area contributed by atoms with E-state index in [0.29, 0.717) is 18.3 Å². The fraction of sp³-hybridized carbons (Fsp3) is 0.643. The zero-order valence-electron chi connectivity index (χ0n) is 10.5. The summed E-state index contributed by atoms with van der Waals surface area (Å²) in [7, 11) is 0. The number of allylic oxidation sites excluding steroid dienone is 2. The Morgan fingerprint density at radius 1 is 1.56 bits per heavy atom. The van der Waals surface area contributed by atoms with Gasteiger partial charge in [0.25, 0.3) is 0 Å². The van der Waals surface area contributed by atoms with Gasteiger partial charge in [0.1, 0.15) is 5.60 Å². The van der Waals surface area contributed by atoms with Crippen molar-refractivity contribution in [3.05, 3.63) is 11.6 Å². The molecule has 1 aliphatic rings. The molecule has 0 amide bonds. The summed E-state index contributed by atoms with van der Waals surface area (Å²) in [5, 5.41) is 0. The van der Waals surface area contributed by atoms with E-state index in [-0.39, 0.29) is 5.97 Å². The van der Waals surface area contributed by atoms with Crippen LogP contribution in [-0.2, 0) is 9.53 Å². The number of esters is 1. The Kier molecular flexibility index (Phi) is 3.80. The number of hydrogen-bond acceptors (Lipinski definition) is 2. The molecular formula is C14H20O2. The van der Waals surface area contributed by atoms with Gasteiger partial charge in [0.05, 0.1) is 0 Å². The van der Waals surface area contributed by atoms with Crippen LogP contribution in [0.1, 0.15) is 40.5 Å². The van der Waals surface area contributed by atoms with Crippen molar-refractivity contribution in [3.8, 4) is 12.3 Å². The highest BCUT2D eigenvalue weighted by Gasteiger charge is 2.50. The van der Waals surface area contributed by atoms with Gasteiger partial charge in [-0.3, -0.25) is 4.79 Å². The number of rotatable bonds is 4. The van der Waals surface area contributed by atoms with E-state index in [9.17, 15) is 4.79 Å². The van der Waals surface area contributed by atoms with E-state index < -0.39 is 5.60 Å². The van der Waals surface area contributed by atoms with Gasteiger partial charge in [0.15, 0.2) is 0 Å². The molecule has 0 aromatic rings. The first-order chi connectivity index (χ1) is 7.39. The number of terminal acetylenes is 1. The van der Waals surface area contributed by atoms with E-state index in [2.05, 4.69) is 25.8 Å². The van der Waals surface area contributed by atoms with Gasteiger partial charge in [-0.25, -0.2) is 0 Å². The molecule has 1 rings (SSSR count). The summed E-state index contributed by atoms with van der Waals surface area (Å²) >= 11 is 0. The van der Waals surface area contributed by atoms with Crippen LogP contribution in [0.25, 0.3) is 0 Å². The first-order valence-corrected chi connectivity index (χ1v) is 5.67. The van der Waals surface area contributed by atoms with E-state index in [1.54, 1.807) is 0 Å².